The summed E-state index contributed by atoms with van der Waals surface area (Å²) in [7, 11) is 0. The SMILES string of the molecule is CCn1cc2nc(SCc3c(F)cccc3Cl)n(CC(C)C)c(=O)c2n1. The van der Waals surface area contributed by atoms with Crippen molar-refractivity contribution in [2.75, 3.05) is 0 Å². The molecule has 3 rings (SSSR count). The van der Waals surface area contributed by atoms with Crippen molar-refractivity contribution in [3.63, 3.8) is 0 Å². The summed E-state index contributed by atoms with van der Waals surface area (Å²) >= 11 is 7.42. The fourth-order valence-electron chi connectivity index (χ4n) is 2.63. The van der Waals surface area contributed by atoms with E-state index in [0.717, 1.165) is 0 Å². The van der Waals surface area contributed by atoms with Crippen molar-refractivity contribution in [1.29, 1.82) is 0 Å². The smallest absolute Gasteiger partial charge is 0.282 e. The van der Waals surface area contributed by atoms with E-state index in [0.29, 0.717) is 45.6 Å². The van der Waals surface area contributed by atoms with Gasteiger partial charge >= 0.3 is 0 Å². The number of halogens is 2. The maximum absolute atomic E-state index is 14.0. The Hall–Kier alpha value is -1.86. The summed E-state index contributed by atoms with van der Waals surface area (Å²) in [5, 5.41) is 5.23. The fourth-order valence-corrected chi connectivity index (χ4v) is 3.98. The van der Waals surface area contributed by atoms with Crippen molar-refractivity contribution < 1.29 is 4.39 Å². The molecule has 5 nitrogen and oxygen atoms in total. The molecule has 0 N–H and O–H groups in total. The van der Waals surface area contributed by atoms with E-state index in [1.807, 2.05) is 20.8 Å². The molecular formula is C18H20ClFN4OS. The number of benzene rings is 1. The van der Waals surface area contributed by atoms with Crippen molar-refractivity contribution in [2.24, 2.45) is 5.92 Å². The van der Waals surface area contributed by atoms with Crippen molar-refractivity contribution in [3.8, 4) is 0 Å². The largest absolute Gasteiger partial charge is 0.285 e. The van der Waals surface area contributed by atoms with Crippen molar-refractivity contribution >= 4 is 34.4 Å². The van der Waals surface area contributed by atoms with Gasteiger partial charge in [0, 0.05) is 29.4 Å². The van der Waals surface area contributed by atoms with E-state index in [1.165, 1.54) is 17.8 Å². The molecule has 2 heterocycles. The van der Waals surface area contributed by atoms with Gasteiger partial charge in [-0.1, -0.05) is 43.3 Å². The van der Waals surface area contributed by atoms with Crippen LogP contribution in [0.2, 0.25) is 5.02 Å². The first-order valence-electron chi connectivity index (χ1n) is 8.44. The summed E-state index contributed by atoms with van der Waals surface area (Å²) in [4.78, 5) is 17.5. The second-order valence-electron chi connectivity index (χ2n) is 6.41. The Labute approximate surface area is 160 Å². The Balaban J connectivity index is 2.04. The second kappa shape index (κ2) is 7.80. The van der Waals surface area contributed by atoms with Gasteiger partial charge in [-0.3, -0.25) is 14.0 Å². The Morgan fingerprint density at radius 2 is 2.12 bits per heavy atom. The molecule has 0 saturated carbocycles. The van der Waals surface area contributed by atoms with Crippen LogP contribution in [-0.2, 0) is 18.8 Å². The van der Waals surface area contributed by atoms with Gasteiger partial charge in [0.15, 0.2) is 10.7 Å². The van der Waals surface area contributed by atoms with E-state index in [4.69, 9.17) is 11.6 Å². The van der Waals surface area contributed by atoms with Gasteiger partial charge in [0.25, 0.3) is 5.56 Å². The van der Waals surface area contributed by atoms with Crippen molar-refractivity contribution in [1.82, 2.24) is 19.3 Å². The molecule has 1 aromatic carbocycles. The number of aromatic nitrogens is 4. The maximum atomic E-state index is 14.0. The molecule has 0 aliphatic rings. The third kappa shape index (κ3) is 3.78. The normalized spacial score (nSPS) is 11.6. The molecule has 0 aliphatic carbocycles. The van der Waals surface area contributed by atoms with Crippen LogP contribution in [0.25, 0.3) is 11.0 Å². The quantitative estimate of drug-likeness (QED) is 0.460. The number of thioether (sulfide) groups is 1. The third-order valence-corrected chi connectivity index (χ3v) is 5.27. The highest BCUT2D eigenvalue weighted by Gasteiger charge is 2.17. The van der Waals surface area contributed by atoms with Crippen LogP contribution in [0.1, 0.15) is 26.3 Å². The zero-order valence-corrected chi connectivity index (χ0v) is 16.4. The number of nitrogens with zero attached hydrogens (tertiary/aromatic N) is 4. The highest BCUT2D eigenvalue weighted by atomic mass is 35.5. The summed E-state index contributed by atoms with van der Waals surface area (Å²) < 4.78 is 17.4. The predicted octanol–water partition coefficient (Wildman–Crippen LogP) is 4.35. The molecule has 2 aromatic heterocycles. The van der Waals surface area contributed by atoms with Crippen LogP contribution < -0.4 is 5.56 Å². The second-order valence-corrected chi connectivity index (χ2v) is 7.76. The van der Waals surface area contributed by atoms with Gasteiger partial charge in [-0.2, -0.15) is 5.10 Å². The van der Waals surface area contributed by atoms with Crippen LogP contribution in [0.15, 0.2) is 34.3 Å². The first kappa shape index (κ1) is 18.9. The highest BCUT2D eigenvalue weighted by molar-refractivity contribution is 7.98. The van der Waals surface area contributed by atoms with Crippen LogP contribution in [0.5, 0.6) is 0 Å². The van der Waals surface area contributed by atoms with Crippen molar-refractivity contribution in [2.45, 2.75) is 44.8 Å². The fraction of sp³-hybridized carbons (Fsp3) is 0.389. The molecule has 0 fully saturated rings. The molecule has 0 spiro atoms. The van der Waals surface area contributed by atoms with Crippen LogP contribution in [-0.4, -0.2) is 19.3 Å². The number of aryl methyl sites for hydroxylation is 1. The maximum Gasteiger partial charge on any atom is 0.282 e. The molecular weight excluding hydrogens is 375 g/mol. The summed E-state index contributed by atoms with van der Waals surface area (Å²) in [6.07, 6.45) is 1.76. The molecule has 0 unspecified atom stereocenters. The number of hydrogen-bond donors (Lipinski definition) is 0. The zero-order chi connectivity index (χ0) is 18.8. The minimum absolute atomic E-state index is 0.168. The summed E-state index contributed by atoms with van der Waals surface area (Å²) in [5.41, 5.74) is 1.16. The average molecular weight is 395 g/mol. The van der Waals surface area contributed by atoms with E-state index < -0.39 is 0 Å². The van der Waals surface area contributed by atoms with Gasteiger partial charge < -0.3 is 0 Å². The van der Waals surface area contributed by atoms with Crippen molar-refractivity contribution in [3.05, 3.63) is 51.2 Å². The molecule has 0 radical (unpaired) electrons. The Kier molecular flexibility index (Phi) is 5.67. The van der Waals surface area contributed by atoms with E-state index >= 15 is 0 Å². The summed E-state index contributed by atoms with van der Waals surface area (Å²) in [6.45, 7) is 7.20. The van der Waals surface area contributed by atoms with E-state index in [9.17, 15) is 9.18 Å². The van der Waals surface area contributed by atoms with Gasteiger partial charge in [0.05, 0.1) is 6.20 Å². The molecule has 0 aliphatic heterocycles. The molecule has 0 saturated heterocycles. The molecule has 3 aromatic rings. The molecule has 138 valence electrons. The minimum Gasteiger partial charge on any atom is -0.285 e. The van der Waals surface area contributed by atoms with Gasteiger partial charge in [-0.05, 0) is 25.0 Å². The monoisotopic (exact) mass is 394 g/mol. The standard InChI is InChI=1S/C18H20ClFN4OS/c1-4-23-9-15-16(22-23)17(25)24(8-11(2)3)18(21-15)26-10-12-13(19)6-5-7-14(12)20/h5-7,9,11H,4,8,10H2,1-3H3. The van der Waals surface area contributed by atoms with E-state index in [1.54, 1.807) is 27.6 Å². The predicted molar refractivity (Wildman–Crippen MR) is 103 cm³/mol. The highest BCUT2D eigenvalue weighted by Crippen LogP contribution is 2.28. The Morgan fingerprint density at radius 3 is 2.77 bits per heavy atom. The van der Waals surface area contributed by atoms with E-state index in [2.05, 4.69) is 10.1 Å². The molecule has 0 atom stereocenters. The molecule has 26 heavy (non-hydrogen) atoms. The van der Waals surface area contributed by atoms with Crippen LogP contribution in [0.4, 0.5) is 4.39 Å². The zero-order valence-electron chi connectivity index (χ0n) is 14.9. The topological polar surface area (TPSA) is 52.7 Å². The lowest BCUT2D eigenvalue weighted by Crippen LogP contribution is -2.25. The minimum atomic E-state index is -0.359. The van der Waals surface area contributed by atoms with Gasteiger partial charge in [-0.25, -0.2) is 9.37 Å². The first-order valence-corrected chi connectivity index (χ1v) is 9.80. The summed E-state index contributed by atoms with van der Waals surface area (Å²) in [5.74, 6) is 0.197. The third-order valence-electron chi connectivity index (χ3n) is 3.92. The number of rotatable bonds is 6. The van der Waals surface area contributed by atoms with Crippen LogP contribution in [0.3, 0.4) is 0 Å². The lowest BCUT2D eigenvalue weighted by molar-refractivity contribution is 0.474. The number of hydrogen-bond acceptors (Lipinski definition) is 4. The molecule has 0 amide bonds. The van der Waals surface area contributed by atoms with Gasteiger partial charge in [0.1, 0.15) is 11.3 Å². The molecule has 0 bridgehead atoms. The Bertz CT molecular complexity index is 979. The van der Waals surface area contributed by atoms with E-state index in [-0.39, 0.29) is 17.3 Å². The van der Waals surface area contributed by atoms with Gasteiger partial charge in [-0.15, -0.1) is 0 Å². The van der Waals surface area contributed by atoms with Crippen LogP contribution in [0, 0.1) is 11.7 Å². The van der Waals surface area contributed by atoms with Crippen LogP contribution >= 0.6 is 23.4 Å². The first-order chi connectivity index (χ1) is 12.4. The lowest BCUT2D eigenvalue weighted by Gasteiger charge is -2.14. The summed E-state index contributed by atoms with van der Waals surface area (Å²) in [6, 6.07) is 4.61. The van der Waals surface area contributed by atoms with Gasteiger partial charge in [0.2, 0.25) is 0 Å². The lowest BCUT2D eigenvalue weighted by atomic mass is 10.2. The Morgan fingerprint density at radius 1 is 1.35 bits per heavy atom. The average Bonchev–Trinajstić information content (AvgIpc) is 3.01. The molecule has 8 heteroatoms. The number of fused-ring (bicyclic) bond motifs is 1.